The second-order valence-corrected chi connectivity index (χ2v) is 8.70. The predicted octanol–water partition coefficient (Wildman–Crippen LogP) is 4.23. The van der Waals surface area contributed by atoms with Crippen molar-refractivity contribution >= 4 is 17.7 Å². The summed E-state index contributed by atoms with van der Waals surface area (Å²) in [5, 5.41) is 5.61. The summed E-state index contributed by atoms with van der Waals surface area (Å²) in [5.41, 5.74) is -0.786. The highest BCUT2D eigenvalue weighted by Gasteiger charge is 2.38. The second kappa shape index (κ2) is 9.39. The SMILES string of the molecule is CC(C)(C)OC(=O)NC(C)(C(=O)Nc1ccc(OC2CCOC2)cc1)c1ccccc1. The van der Waals surface area contributed by atoms with Crippen molar-refractivity contribution < 1.29 is 23.8 Å². The van der Waals surface area contributed by atoms with Gasteiger partial charge in [-0.3, -0.25) is 4.79 Å². The molecule has 166 valence electrons. The molecule has 0 bridgehead atoms. The molecule has 0 radical (unpaired) electrons. The fraction of sp³-hybridized carbons (Fsp3) is 0.417. The third-order valence-corrected chi connectivity index (χ3v) is 4.86. The van der Waals surface area contributed by atoms with E-state index >= 15 is 0 Å². The van der Waals surface area contributed by atoms with E-state index in [9.17, 15) is 9.59 Å². The third-order valence-electron chi connectivity index (χ3n) is 4.86. The van der Waals surface area contributed by atoms with Crippen molar-refractivity contribution in [3.8, 4) is 5.75 Å². The average Bonchev–Trinajstić information content (AvgIpc) is 3.21. The number of carbonyl (C=O) groups is 2. The number of nitrogens with one attached hydrogen (secondary N) is 2. The first kappa shape index (κ1) is 22.6. The van der Waals surface area contributed by atoms with Gasteiger partial charge in [0.05, 0.1) is 13.2 Å². The van der Waals surface area contributed by atoms with E-state index in [1.807, 2.05) is 18.2 Å². The van der Waals surface area contributed by atoms with Gasteiger partial charge in [-0.25, -0.2) is 4.79 Å². The van der Waals surface area contributed by atoms with Gasteiger partial charge >= 0.3 is 6.09 Å². The fourth-order valence-corrected chi connectivity index (χ4v) is 3.21. The van der Waals surface area contributed by atoms with Gasteiger partial charge in [-0.15, -0.1) is 0 Å². The molecule has 1 heterocycles. The Kier molecular flexibility index (Phi) is 6.85. The highest BCUT2D eigenvalue weighted by Crippen LogP contribution is 2.25. The van der Waals surface area contributed by atoms with Crippen LogP contribution in [0.1, 0.15) is 39.7 Å². The number of amides is 2. The summed E-state index contributed by atoms with van der Waals surface area (Å²) in [6, 6.07) is 16.2. The van der Waals surface area contributed by atoms with Gasteiger partial charge < -0.3 is 24.8 Å². The molecule has 2 unspecified atom stereocenters. The Morgan fingerprint density at radius 2 is 1.68 bits per heavy atom. The van der Waals surface area contributed by atoms with Crippen LogP contribution in [0.15, 0.2) is 54.6 Å². The zero-order chi connectivity index (χ0) is 22.5. The minimum Gasteiger partial charge on any atom is -0.488 e. The van der Waals surface area contributed by atoms with Crippen molar-refractivity contribution in [3.05, 3.63) is 60.2 Å². The van der Waals surface area contributed by atoms with Crippen LogP contribution in [0.2, 0.25) is 0 Å². The van der Waals surface area contributed by atoms with Gasteiger partial charge in [-0.1, -0.05) is 30.3 Å². The van der Waals surface area contributed by atoms with Gasteiger partial charge in [-0.2, -0.15) is 0 Å². The summed E-state index contributed by atoms with van der Waals surface area (Å²) in [6.45, 7) is 8.26. The Hall–Kier alpha value is -3.06. The number of ether oxygens (including phenoxy) is 3. The lowest BCUT2D eigenvalue weighted by atomic mass is 9.91. The number of hydrogen-bond donors (Lipinski definition) is 2. The lowest BCUT2D eigenvalue weighted by Gasteiger charge is -2.31. The van der Waals surface area contributed by atoms with Gasteiger partial charge in [0, 0.05) is 12.1 Å². The van der Waals surface area contributed by atoms with Crippen LogP contribution in [0.25, 0.3) is 0 Å². The van der Waals surface area contributed by atoms with Crippen molar-refractivity contribution in [1.82, 2.24) is 5.32 Å². The Bertz CT molecular complexity index is 886. The van der Waals surface area contributed by atoms with Crippen molar-refractivity contribution in [3.63, 3.8) is 0 Å². The second-order valence-electron chi connectivity index (χ2n) is 8.70. The normalized spacial score (nSPS) is 18.0. The van der Waals surface area contributed by atoms with Gasteiger partial charge in [0.25, 0.3) is 5.91 Å². The fourth-order valence-electron chi connectivity index (χ4n) is 3.21. The highest BCUT2D eigenvalue weighted by atomic mass is 16.6. The topological polar surface area (TPSA) is 85.9 Å². The predicted molar refractivity (Wildman–Crippen MR) is 118 cm³/mol. The Morgan fingerprint density at radius 3 is 2.26 bits per heavy atom. The number of alkyl carbamates (subject to hydrolysis) is 1. The molecule has 7 nitrogen and oxygen atoms in total. The first-order chi connectivity index (χ1) is 14.7. The van der Waals surface area contributed by atoms with E-state index < -0.39 is 17.2 Å². The van der Waals surface area contributed by atoms with Gasteiger partial charge in [0.15, 0.2) is 0 Å². The molecule has 7 heteroatoms. The standard InChI is InChI=1S/C24H30N2O5/c1-23(2,3)31-22(28)26-24(4,17-8-6-5-7-9-17)21(27)25-18-10-12-19(13-11-18)30-20-14-15-29-16-20/h5-13,20H,14-16H2,1-4H3,(H,25,27)(H,26,28). The largest absolute Gasteiger partial charge is 0.488 e. The maximum absolute atomic E-state index is 13.3. The van der Waals surface area contributed by atoms with Crippen LogP contribution in [0.5, 0.6) is 5.75 Å². The molecule has 2 N–H and O–H groups in total. The number of anilines is 1. The Balaban J connectivity index is 1.74. The molecule has 2 aromatic rings. The van der Waals surface area contributed by atoms with Gasteiger partial charge in [0.2, 0.25) is 0 Å². The maximum atomic E-state index is 13.3. The molecule has 3 rings (SSSR count). The molecule has 31 heavy (non-hydrogen) atoms. The van der Waals surface area contributed by atoms with Crippen LogP contribution in [0, 0.1) is 0 Å². The third kappa shape index (κ3) is 6.21. The molecule has 0 aromatic heterocycles. The monoisotopic (exact) mass is 426 g/mol. The molecule has 2 amide bonds. The highest BCUT2D eigenvalue weighted by molar-refractivity contribution is 6.00. The molecule has 1 fully saturated rings. The van der Waals surface area contributed by atoms with E-state index in [0.29, 0.717) is 30.2 Å². The van der Waals surface area contributed by atoms with Gasteiger partial charge in [0.1, 0.15) is 23.0 Å². The van der Waals surface area contributed by atoms with E-state index in [2.05, 4.69) is 10.6 Å². The zero-order valence-electron chi connectivity index (χ0n) is 18.4. The van der Waals surface area contributed by atoms with Crippen molar-refractivity contribution in [2.75, 3.05) is 18.5 Å². The minimum absolute atomic E-state index is 0.0554. The zero-order valence-corrected chi connectivity index (χ0v) is 18.4. The average molecular weight is 427 g/mol. The van der Waals surface area contributed by atoms with Crippen LogP contribution >= 0.6 is 0 Å². The summed E-state index contributed by atoms with van der Waals surface area (Å²) in [6.07, 6.45) is 0.251. The van der Waals surface area contributed by atoms with E-state index in [4.69, 9.17) is 14.2 Å². The van der Waals surface area contributed by atoms with Crippen LogP contribution in [0.4, 0.5) is 10.5 Å². The first-order valence-electron chi connectivity index (χ1n) is 10.4. The molecule has 1 aliphatic rings. The summed E-state index contributed by atoms with van der Waals surface area (Å²) < 4.78 is 16.6. The van der Waals surface area contributed by atoms with Crippen molar-refractivity contribution in [1.29, 1.82) is 0 Å². The Morgan fingerprint density at radius 1 is 1.00 bits per heavy atom. The van der Waals surface area contributed by atoms with E-state index in [1.54, 1.807) is 64.1 Å². The van der Waals surface area contributed by atoms with Crippen LogP contribution in [-0.2, 0) is 19.8 Å². The molecular weight excluding hydrogens is 396 g/mol. The number of rotatable bonds is 6. The molecule has 2 atom stereocenters. The molecular formula is C24H30N2O5. The van der Waals surface area contributed by atoms with Crippen LogP contribution < -0.4 is 15.4 Å². The number of hydrogen-bond acceptors (Lipinski definition) is 5. The lowest BCUT2D eigenvalue weighted by molar-refractivity contribution is -0.122. The lowest BCUT2D eigenvalue weighted by Crippen LogP contribution is -2.53. The van der Waals surface area contributed by atoms with Crippen molar-refractivity contribution in [2.24, 2.45) is 0 Å². The van der Waals surface area contributed by atoms with E-state index in [1.165, 1.54) is 0 Å². The molecule has 0 saturated carbocycles. The summed E-state index contributed by atoms with van der Waals surface area (Å²) >= 11 is 0. The van der Waals surface area contributed by atoms with E-state index in [-0.39, 0.29) is 12.0 Å². The number of carbonyl (C=O) groups excluding carboxylic acids is 2. The minimum atomic E-state index is -1.33. The molecule has 0 spiro atoms. The molecule has 1 saturated heterocycles. The van der Waals surface area contributed by atoms with Crippen LogP contribution in [0.3, 0.4) is 0 Å². The van der Waals surface area contributed by atoms with Crippen LogP contribution in [-0.4, -0.2) is 36.9 Å². The smallest absolute Gasteiger partial charge is 0.408 e. The molecule has 0 aliphatic carbocycles. The summed E-state index contributed by atoms with van der Waals surface area (Å²) in [5.74, 6) is 0.327. The Labute approximate surface area is 183 Å². The maximum Gasteiger partial charge on any atom is 0.408 e. The summed E-state index contributed by atoms with van der Waals surface area (Å²) in [7, 11) is 0. The quantitative estimate of drug-likeness (QED) is 0.722. The molecule has 1 aliphatic heterocycles. The number of benzene rings is 2. The summed E-state index contributed by atoms with van der Waals surface area (Å²) in [4.78, 5) is 25.7. The molecule has 2 aromatic carbocycles. The van der Waals surface area contributed by atoms with Gasteiger partial charge in [-0.05, 0) is 57.5 Å². The van der Waals surface area contributed by atoms with E-state index in [0.717, 1.165) is 6.42 Å². The van der Waals surface area contributed by atoms with Crippen molar-refractivity contribution in [2.45, 2.75) is 51.4 Å². The first-order valence-corrected chi connectivity index (χ1v) is 10.4.